The predicted molar refractivity (Wildman–Crippen MR) is 96.8 cm³/mol. The van der Waals surface area contributed by atoms with Crippen molar-refractivity contribution in [2.45, 2.75) is 13.8 Å². The first kappa shape index (κ1) is 15.1. The van der Waals surface area contributed by atoms with Crippen LogP contribution in [0.5, 0.6) is 0 Å². The van der Waals surface area contributed by atoms with Crippen molar-refractivity contribution in [2.24, 2.45) is 0 Å². The molecule has 3 rings (SSSR count). The number of aromatic nitrogens is 1. The SMILES string of the molecule is Cc1cc(C)c2nc(NC(=O)c3cc(Br)c(Br)s3)sc2c1. The first-order chi connectivity index (χ1) is 9.94. The molecule has 0 aliphatic carbocycles. The van der Waals surface area contributed by atoms with Crippen LogP contribution in [0.3, 0.4) is 0 Å². The highest BCUT2D eigenvalue weighted by Crippen LogP contribution is 2.34. The van der Waals surface area contributed by atoms with Gasteiger partial charge in [0, 0.05) is 4.47 Å². The zero-order chi connectivity index (χ0) is 15.1. The van der Waals surface area contributed by atoms with Crippen LogP contribution in [0.25, 0.3) is 10.2 Å². The van der Waals surface area contributed by atoms with Crippen molar-refractivity contribution in [2.75, 3.05) is 5.32 Å². The summed E-state index contributed by atoms with van der Waals surface area (Å²) < 4.78 is 2.88. The Morgan fingerprint density at radius 3 is 2.62 bits per heavy atom. The van der Waals surface area contributed by atoms with Gasteiger partial charge in [-0.3, -0.25) is 10.1 Å². The highest BCUT2D eigenvalue weighted by molar-refractivity contribution is 9.13. The van der Waals surface area contributed by atoms with Gasteiger partial charge in [-0.2, -0.15) is 0 Å². The molecule has 2 aromatic heterocycles. The van der Waals surface area contributed by atoms with E-state index in [0.29, 0.717) is 10.0 Å². The second-order valence-corrected chi connectivity index (χ2v) is 8.89. The number of benzene rings is 1. The molecule has 0 spiro atoms. The summed E-state index contributed by atoms with van der Waals surface area (Å²) in [5.41, 5.74) is 3.28. The van der Waals surface area contributed by atoms with E-state index in [1.807, 2.05) is 6.92 Å². The number of nitrogens with zero attached hydrogens (tertiary/aromatic N) is 1. The molecular formula is C14H10Br2N2OS2. The molecule has 21 heavy (non-hydrogen) atoms. The number of fused-ring (bicyclic) bond motifs is 1. The van der Waals surface area contributed by atoms with E-state index in [4.69, 9.17) is 0 Å². The van der Waals surface area contributed by atoms with Crippen LogP contribution in [0.1, 0.15) is 20.8 Å². The van der Waals surface area contributed by atoms with Gasteiger partial charge >= 0.3 is 0 Å². The van der Waals surface area contributed by atoms with Gasteiger partial charge in [-0.1, -0.05) is 17.4 Å². The van der Waals surface area contributed by atoms with Crippen LogP contribution < -0.4 is 5.32 Å². The summed E-state index contributed by atoms with van der Waals surface area (Å²) in [5, 5.41) is 3.50. The quantitative estimate of drug-likeness (QED) is 0.545. The number of carbonyl (C=O) groups is 1. The van der Waals surface area contributed by atoms with E-state index in [2.05, 4.69) is 61.2 Å². The molecule has 0 atom stereocenters. The Labute approximate surface area is 146 Å². The summed E-state index contributed by atoms with van der Waals surface area (Å²) in [6, 6.07) is 5.99. The van der Waals surface area contributed by atoms with Gasteiger partial charge in [0.25, 0.3) is 5.91 Å². The number of rotatable bonds is 2. The second-order valence-electron chi connectivity index (χ2n) is 4.63. The maximum absolute atomic E-state index is 12.2. The molecule has 0 aliphatic rings. The zero-order valence-electron chi connectivity index (χ0n) is 11.2. The van der Waals surface area contributed by atoms with E-state index in [0.717, 1.165) is 24.0 Å². The fourth-order valence-electron chi connectivity index (χ4n) is 2.04. The van der Waals surface area contributed by atoms with Crippen LogP contribution in [0.4, 0.5) is 5.13 Å². The number of thiophene rings is 1. The van der Waals surface area contributed by atoms with Crippen molar-refractivity contribution in [3.05, 3.63) is 42.5 Å². The van der Waals surface area contributed by atoms with Crippen molar-refractivity contribution in [3.8, 4) is 0 Å². The average Bonchev–Trinajstić information content (AvgIpc) is 2.94. The van der Waals surface area contributed by atoms with Gasteiger partial charge in [0.1, 0.15) is 0 Å². The van der Waals surface area contributed by atoms with Gasteiger partial charge in [-0.05, 0) is 69.0 Å². The third kappa shape index (κ3) is 3.06. The molecule has 2 heterocycles. The number of hydrogen-bond donors (Lipinski definition) is 1. The molecule has 0 saturated carbocycles. The van der Waals surface area contributed by atoms with Crippen LogP contribution in [0.2, 0.25) is 0 Å². The molecule has 3 nitrogen and oxygen atoms in total. The van der Waals surface area contributed by atoms with Crippen LogP contribution in [-0.4, -0.2) is 10.9 Å². The molecule has 0 radical (unpaired) electrons. The lowest BCUT2D eigenvalue weighted by Crippen LogP contribution is -2.09. The molecule has 0 saturated heterocycles. The lowest BCUT2D eigenvalue weighted by molar-refractivity contribution is 0.103. The lowest BCUT2D eigenvalue weighted by atomic mass is 10.1. The van der Waals surface area contributed by atoms with Crippen molar-refractivity contribution in [1.29, 1.82) is 0 Å². The molecule has 0 unspecified atom stereocenters. The fourth-order valence-corrected chi connectivity index (χ4v) is 5.01. The molecule has 7 heteroatoms. The molecule has 0 bridgehead atoms. The van der Waals surface area contributed by atoms with E-state index < -0.39 is 0 Å². The Hall–Kier alpha value is -0.760. The Morgan fingerprint density at radius 2 is 1.95 bits per heavy atom. The van der Waals surface area contributed by atoms with Crippen LogP contribution in [0, 0.1) is 13.8 Å². The predicted octanol–water partition coefficient (Wildman–Crippen LogP) is 5.75. The molecular weight excluding hydrogens is 436 g/mol. The van der Waals surface area contributed by atoms with Crippen molar-refractivity contribution < 1.29 is 4.79 Å². The summed E-state index contributed by atoms with van der Waals surface area (Å²) in [6.07, 6.45) is 0. The minimum atomic E-state index is -0.139. The molecule has 3 aromatic rings. The van der Waals surface area contributed by atoms with Crippen molar-refractivity contribution >= 4 is 75.8 Å². The first-order valence-electron chi connectivity index (χ1n) is 6.08. The Bertz CT molecular complexity index is 835. The van der Waals surface area contributed by atoms with Gasteiger partial charge in [-0.25, -0.2) is 4.98 Å². The van der Waals surface area contributed by atoms with Crippen LogP contribution in [-0.2, 0) is 0 Å². The normalized spacial score (nSPS) is 11.0. The molecule has 108 valence electrons. The summed E-state index contributed by atoms with van der Waals surface area (Å²) in [4.78, 5) is 17.4. The van der Waals surface area contributed by atoms with E-state index in [-0.39, 0.29) is 5.91 Å². The van der Waals surface area contributed by atoms with Crippen LogP contribution >= 0.6 is 54.5 Å². The molecule has 1 amide bonds. The number of amides is 1. The Kier molecular flexibility index (Phi) is 4.18. The smallest absolute Gasteiger partial charge is 0.267 e. The largest absolute Gasteiger partial charge is 0.297 e. The Morgan fingerprint density at radius 1 is 1.19 bits per heavy atom. The number of anilines is 1. The van der Waals surface area contributed by atoms with Gasteiger partial charge in [0.2, 0.25) is 0 Å². The number of hydrogen-bond acceptors (Lipinski definition) is 4. The fraction of sp³-hybridized carbons (Fsp3) is 0.143. The zero-order valence-corrected chi connectivity index (χ0v) is 16.0. The number of halogens is 2. The monoisotopic (exact) mass is 444 g/mol. The molecule has 0 aliphatic heterocycles. The number of aryl methyl sites for hydroxylation is 2. The highest BCUT2D eigenvalue weighted by Gasteiger charge is 2.15. The van der Waals surface area contributed by atoms with Gasteiger partial charge < -0.3 is 0 Å². The van der Waals surface area contributed by atoms with E-state index in [1.54, 1.807) is 6.07 Å². The molecule has 0 fully saturated rings. The van der Waals surface area contributed by atoms with Crippen LogP contribution in [0.15, 0.2) is 26.5 Å². The lowest BCUT2D eigenvalue weighted by Gasteiger charge is -1.97. The number of thiazole rings is 1. The standard InChI is InChI=1S/C14H10Br2N2OS2/c1-6-3-7(2)11-9(4-6)21-14(17-11)18-13(19)10-5-8(15)12(16)20-10/h3-5H,1-2H3,(H,17,18,19). The summed E-state index contributed by atoms with van der Waals surface area (Å²) in [5.74, 6) is -0.139. The molecule has 1 aromatic carbocycles. The Balaban J connectivity index is 1.91. The van der Waals surface area contributed by atoms with Crippen molar-refractivity contribution in [1.82, 2.24) is 4.98 Å². The van der Waals surface area contributed by atoms with Gasteiger partial charge in [0.15, 0.2) is 5.13 Å². The van der Waals surface area contributed by atoms with E-state index >= 15 is 0 Å². The molecule has 1 N–H and O–H groups in total. The van der Waals surface area contributed by atoms with Crippen molar-refractivity contribution in [3.63, 3.8) is 0 Å². The average molecular weight is 446 g/mol. The highest BCUT2D eigenvalue weighted by atomic mass is 79.9. The maximum Gasteiger partial charge on any atom is 0.267 e. The number of carbonyl (C=O) groups excluding carboxylic acids is 1. The van der Waals surface area contributed by atoms with Gasteiger partial charge in [-0.15, -0.1) is 11.3 Å². The third-order valence-corrected chi connectivity index (χ3v) is 7.09. The second kappa shape index (κ2) is 5.79. The minimum absolute atomic E-state index is 0.139. The van der Waals surface area contributed by atoms with Gasteiger partial charge in [0.05, 0.1) is 18.9 Å². The number of nitrogens with one attached hydrogen (secondary N) is 1. The van der Waals surface area contributed by atoms with E-state index in [9.17, 15) is 4.79 Å². The summed E-state index contributed by atoms with van der Waals surface area (Å²) in [7, 11) is 0. The first-order valence-corrected chi connectivity index (χ1v) is 9.30. The van der Waals surface area contributed by atoms with E-state index in [1.165, 1.54) is 28.2 Å². The third-order valence-electron chi connectivity index (χ3n) is 2.92. The topological polar surface area (TPSA) is 42.0 Å². The summed E-state index contributed by atoms with van der Waals surface area (Å²) in [6.45, 7) is 4.10. The minimum Gasteiger partial charge on any atom is -0.297 e. The maximum atomic E-state index is 12.2. The summed E-state index contributed by atoms with van der Waals surface area (Å²) >= 11 is 9.67.